The number of aliphatic carboxylic acids is 3. The monoisotopic (exact) mass is 648 g/mol. The van der Waals surface area contributed by atoms with Crippen molar-refractivity contribution in [1.29, 1.82) is 0 Å². The van der Waals surface area contributed by atoms with E-state index in [4.69, 9.17) is 76.6 Å². The minimum atomic E-state index is -2.31. The van der Waals surface area contributed by atoms with E-state index in [0.717, 1.165) is 0 Å². The predicted molar refractivity (Wildman–Crippen MR) is 114 cm³/mol. The van der Waals surface area contributed by atoms with E-state index >= 15 is 0 Å². The zero-order valence-electron chi connectivity index (χ0n) is 21.4. The molecule has 0 rings (SSSR count). The van der Waals surface area contributed by atoms with Gasteiger partial charge >= 0.3 is 67.3 Å². The van der Waals surface area contributed by atoms with E-state index in [-0.39, 0.29) is 67.3 Å². The normalized spacial score (nSPS) is 19.4. The molecular weight excluding hydrogens is 615 g/mol. The second-order valence-corrected chi connectivity index (χ2v) is 7.48. The molecule has 41 heavy (non-hydrogen) atoms. The smallest absolute Gasteiger partial charge is 0.547 e. The molecule has 12 atom stereocenters. The van der Waals surface area contributed by atoms with Crippen molar-refractivity contribution in [1.82, 2.24) is 0 Å². The Hall–Kier alpha value is 0.0697. The average Bonchev–Trinajstić information content (AvgIpc) is 2.92. The third-order valence-corrected chi connectivity index (χ3v) is 4.49. The van der Waals surface area contributed by atoms with Crippen molar-refractivity contribution >= 4 is 55.6 Å². The molecule has 0 spiro atoms. The number of rotatable bonds is 15. The molecular formula is C18H33CaNaO21. The summed E-state index contributed by atoms with van der Waals surface area (Å²) in [6.45, 7) is -2.59. The molecule has 0 aromatic carbocycles. The Morgan fingerprint density at radius 1 is 0.415 bits per heavy atom. The van der Waals surface area contributed by atoms with Crippen LogP contribution in [0.5, 0.6) is 0 Å². The van der Waals surface area contributed by atoms with Gasteiger partial charge in [0.2, 0.25) is 0 Å². The molecule has 21 nitrogen and oxygen atoms in total. The van der Waals surface area contributed by atoms with Crippen LogP contribution in [-0.4, -0.2) is 225 Å². The van der Waals surface area contributed by atoms with Gasteiger partial charge < -0.3 is 106 Å². The van der Waals surface area contributed by atoms with Gasteiger partial charge in [-0.15, -0.1) is 0 Å². The van der Waals surface area contributed by atoms with E-state index in [1.165, 1.54) is 0 Å². The molecule has 0 saturated heterocycles. The van der Waals surface area contributed by atoms with E-state index in [9.17, 15) is 29.7 Å². The molecule has 0 amide bonds. The molecule has 0 aromatic rings. The Kier molecular flexibility index (Phi) is 32.7. The van der Waals surface area contributed by atoms with Crippen LogP contribution in [0.2, 0.25) is 0 Å². The van der Waals surface area contributed by atoms with E-state index in [1.54, 1.807) is 0 Å². The van der Waals surface area contributed by atoms with Crippen LogP contribution in [0.15, 0.2) is 0 Å². The van der Waals surface area contributed by atoms with Crippen molar-refractivity contribution in [3.05, 3.63) is 0 Å². The second kappa shape index (κ2) is 26.5. The van der Waals surface area contributed by atoms with Gasteiger partial charge in [-0.3, -0.25) is 0 Å². The van der Waals surface area contributed by atoms with Gasteiger partial charge in [-0.2, -0.15) is 0 Å². The van der Waals surface area contributed by atoms with Gasteiger partial charge in [0.05, 0.1) is 37.7 Å². The third-order valence-electron chi connectivity index (χ3n) is 4.49. The fourth-order valence-corrected chi connectivity index (χ4v) is 1.99. The molecule has 0 aliphatic carbocycles. The summed E-state index contributed by atoms with van der Waals surface area (Å²) in [7, 11) is 0. The number of carbonyl (C=O) groups excluding carboxylic acids is 3. The first-order valence-corrected chi connectivity index (χ1v) is 10.4. The Labute approximate surface area is 282 Å². The molecule has 0 fully saturated rings. The molecule has 0 aromatic heterocycles. The van der Waals surface area contributed by atoms with Gasteiger partial charge in [0.15, 0.2) is 0 Å². The fourth-order valence-electron chi connectivity index (χ4n) is 1.99. The summed E-state index contributed by atoms with van der Waals surface area (Å²) >= 11 is 0. The van der Waals surface area contributed by atoms with Crippen LogP contribution in [0.25, 0.3) is 0 Å². The van der Waals surface area contributed by atoms with Crippen LogP contribution < -0.4 is 44.9 Å². The number of carboxylic acids is 3. The Bertz CT molecular complexity index is 615. The SMILES string of the molecule is O=C([O-])C(O)C(O)C(O)C(O)CO.O=C([O-])C(O)C(O)C(O)C(O)CO.O=C([O-])C(O)C(O)C(O)C(O)CO.[Ca+2].[Na+]. The topological polar surface area (TPSA) is 424 Å². The number of carboxylic acid groups (broad SMARTS) is 3. The van der Waals surface area contributed by atoms with Crippen LogP contribution in [0, 0.1) is 0 Å². The van der Waals surface area contributed by atoms with E-state index in [1.807, 2.05) is 0 Å². The van der Waals surface area contributed by atoms with Crippen LogP contribution in [0.3, 0.4) is 0 Å². The summed E-state index contributed by atoms with van der Waals surface area (Å²) in [4.78, 5) is 29.9. The maximum Gasteiger partial charge on any atom is 2.00 e. The zero-order valence-corrected chi connectivity index (χ0v) is 25.6. The van der Waals surface area contributed by atoms with Gasteiger partial charge in [-0.1, -0.05) is 0 Å². The zero-order chi connectivity index (χ0) is 31.8. The van der Waals surface area contributed by atoms with Gasteiger partial charge in [0, 0.05) is 0 Å². The van der Waals surface area contributed by atoms with Gasteiger partial charge in [-0.05, 0) is 0 Å². The molecule has 0 saturated carbocycles. The van der Waals surface area contributed by atoms with Gasteiger partial charge in [0.1, 0.15) is 73.2 Å². The molecule has 0 radical (unpaired) electrons. The minimum absolute atomic E-state index is 0. The van der Waals surface area contributed by atoms with Crippen molar-refractivity contribution in [2.45, 2.75) is 73.2 Å². The van der Waals surface area contributed by atoms with Crippen LogP contribution in [0.1, 0.15) is 0 Å². The molecule has 23 heteroatoms. The fraction of sp³-hybridized carbons (Fsp3) is 0.833. The number of carbonyl (C=O) groups is 3. The van der Waals surface area contributed by atoms with Crippen LogP contribution >= 0.6 is 0 Å². The summed E-state index contributed by atoms with van der Waals surface area (Å²) in [5.74, 6) is -5.93. The second-order valence-electron chi connectivity index (χ2n) is 7.48. The van der Waals surface area contributed by atoms with Gasteiger partial charge in [-0.25, -0.2) is 0 Å². The van der Waals surface area contributed by atoms with E-state index < -0.39 is 111 Å². The minimum Gasteiger partial charge on any atom is -0.547 e. The molecule has 12 unspecified atom stereocenters. The summed E-state index contributed by atoms with van der Waals surface area (Å²) in [6, 6.07) is 0. The largest absolute Gasteiger partial charge is 2.00 e. The standard InChI is InChI=1S/3C6H12O7.Ca.Na/c3*7-1-2(8)3(9)4(10)5(11)6(12)13;;/h3*2-5,7-11H,1H2,(H,12,13);;/q;;;+2;+1/p-3. The first-order chi connectivity index (χ1) is 17.7. The Balaban J connectivity index is -0.000000154. The Morgan fingerprint density at radius 3 is 0.659 bits per heavy atom. The first-order valence-electron chi connectivity index (χ1n) is 10.4. The maximum atomic E-state index is 9.98. The quantitative estimate of drug-likeness (QED) is 0.0732. The number of hydrogen-bond donors (Lipinski definition) is 15. The van der Waals surface area contributed by atoms with Crippen molar-refractivity contribution in [3.63, 3.8) is 0 Å². The predicted octanol–water partition coefficient (Wildman–Crippen LogP) is -17.9. The Morgan fingerprint density at radius 2 is 0.561 bits per heavy atom. The van der Waals surface area contributed by atoms with Crippen LogP contribution in [-0.2, 0) is 14.4 Å². The molecule has 0 aliphatic rings. The van der Waals surface area contributed by atoms with Crippen molar-refractivity contribution in [2.75, 3.05) is 19.8 Å². The van der Waals surface area contributed by atoms with E-state index in [0.29, 0.717) is 0 Å². The van der Waals surface area contributed by atoms with E-state index in [2.05, 4.69) is 0 Å². The van der Waals surface area contributed by atoms with Crippen molar-refractivity contribution in [2.24, 2.45) is 0 Å². The number of hydrogen-bond acceptors (Lipinski definition) is 21. The number of aliphatic hydroxyl groups excluding tert-OH is 15. The average molecular weight is 649 g/mol. The molecule has 0 bridgehead atoms. The molecule has 0 aliphatic heterocycles. The maximum absolute atomic E-state index is 9.98. The molecule has 15 N–H and O–H groups in total. The summed E-state index contributed by atoms with van der Waals surface area (Å²) in [5.41, 5.74) is 0. The molecule has 0 heterocycles. The summed E-state index contributed by atoms with van der Waals surface area (Å²) in [6.07, 6.45) is -24.2. The third kappa shape index (κ3) is 19.9. The number of aliphatic hydroxyl groups is 15. The summed E-state index contributed by atoms with van der Waals surface area (Å²) < 4.78 is 0. The summed E-state index contributed by atoms with van der Waals surface area (Å²) in [5, 5.41) is 160. The van der Waals surface area contributed by atoms with Crippen molar-refractivity contribution < 1.29 is 136 Å². The first kappa shape index (κ1) is 50.7. The molecule has 234 valence electrons. The van der Waals surface area contributed by atoms with Gasteiger partial charge in [0.25, 0.3) is 0 Å². The van der Waals surface area contributed by atoms with Crippen molar-refractivity contribution in [3.8, 4) is 0 Å². The van der Waals surface area contributed by atoms with Crippen LogP contribution in [0.4, 0.5) is 0 Å².